The number of ether oxygens (including phenoxy) is 1. The van der Waals surface area contributed by atoms with Crippen LogP contribution in [0.1, 0.15) is 39.5 Å². The third-order valence-electron chi connectivity index (χ3n) is 1.66. The summed E-state index contributed by atoms with van der Waals surface area (Å²) in [6.07, 6.45) is 4.18. The number of unbranched alkanes of at least 4 members (excludes halogenated alkanes) is 2. The summed E-state index contributed by atoms with van der Waals surface area (Å²) >= 11 is 0. The summed E-state index contributed by atoms with van der Waals surface area (Å²) in [5.41, 5.74) is 5.23. The number of hydrogen-bond acceptors (Lipinski definition) is 2. The maximum Gasteiger partial charge on any atom is 0.0931 e. The molecule has 3 heteroatoms. The van der Waals surface area contributed by atoms with Gasteiger partial charge in [0.15, 0.2) is 0 Å². The summed E-state index contributed by atoms with van der Waals surface area (Å²) < 4.78 is 5.43. The Labute approximate surface area is 74.8 Å². The minimum Gasteiger partial charge on any atom is -0.388 e. The van der Waals surface area contributed by atoms with Crippen molar-refractivity contribution in [1.82, 2.24) is 0 Å². The van der Waals surface area contributed by atoms with Gasteiger partial charge >= 0.3 is 0 Å². The molecule has 0 amide bonds. The summed E-state index contributed by atoms with van der Waals surface area (Å²) in [4.78, 5) is 0. The summed E-state index contributed by atoms with van der Waals surface area (Å²) in [5, 5.41) is 7.04. The van der Waals surface area contributed by atoms with Crippen molar-refractivity contribution in [3.8, 4) is 0 Å². The lowest BCUT2D eigenvalue weighted by atomic mass is 10.2. The van der Waals surface area contributed by atoms with Crippen molar-refractivity contribution in [3.63, 3.8) is 0 Å². The first kappa shape index (κ1) is 11.4. The molecule has 0 aliphatic heterocycles. The average Bonchev–Trinajstić information content (AvgIpc) is 1.97. The molecule has 0 aromatic carbocycles. The van der Waals surface area contributed by atoms with Crippen LogP contribution in [0, 0.1) is 5.41 Å². The number of hydrogen-bond donors (Lipinski definition) is 2. The Morgan fingerprint density at radius 3 is 2.67 bits per heavy atom. The molecule has 0 bridgehead atoms. The number of rotatable bonds is 7. The number of nitrogens with one attached hydrogen (secondary N) is 1. The fraction of sp³-hybridized carbons (Fsp3) is 0.889. The zero-order chi connectivity index (χ0) is 9.40. The first-order chi connectivity index (χ1) is 5.66. The highest BCUT2D eigenvalue weighted by atomic mass is 16.5. The average molecular weight is 172 g/mol. The predicted octanol–water partition coefficient (Wildman–Crippen LogP) is 1.91. The van der Waals surface area contributed by atoms with E-state index in [0.29, 0.717) is 6.42 Å². The van der Waals surface area contributed by atoms with E-state index in [1.54, 1.807) is 0 Å². The van der Waals surface area contributed by atoms with Crippen molar-refractivity contribution in [3.05, 3.63) is 0 Å². The molecular weight excluding hydrogens is 152 g/mol. The van der Waals surface area contributed by atoms with Gasteiger partial charge in [0.1, 0.15) is 0 Å². The van der Waals surface area contributed by atoms with Crippen LogP contribution in [0.25, 0.3) is 0 Å². The maximum absolute atomic E-state index is 7.04. The molecule has 0 saturated carbocycles. The van der Waals surface area contributed by atoms with Gasteiger partial charge in [0.25, 0.3) is 0 Å². The summed E-state index contributed by atoms with van der Waals surface area (Å²) in [7, 11) is 0. The fourth-order valence-corrected chi connectivity index (χ4v) is 1.01. The Balaban J connectivity index is 3.19. The molecule has 0 aliphatic rings. The molecule has 3 N–H and O–H groups in total. The quantitative estimate of drug-likeness (QED) is 0.350. The van der Waals surface area contributed by atoms with E-state index in [9.17, 15) is 0 Å². The predicted molar refractivity (Wildman–Crippen MR) is 51.5 cm³/mol. The lowest BCUT2D eigenvalue weighted by molar-refractivity contribution is 0.0680. The second-order valence-electron chi connectivity index (χ2n) is 3.12. The Morgan fingerprint density at radius 2 is 2.17 bits per heavy atom. The fourth-order valence-electron chi connectivity index (χ4n) is 1.01. The highest BCUT2D eigenvalue weighted by molar-refractivity contribution is 5.77. The van der Waals surface area contributed by atoms with E-state index < -0.39 is 0 Å². The molecule has 0 aliphatic carbocycles. The molecule has 0 spiro atoms. The Morgan fingerprint density at radius 1 is 1.50 bits per heavy atom. The SMILES string of the molecule is CCCCCOC(C)CC(=N)N. The maximum atomic E-state index is 7.04. The molecule has 72 valence electrons. The smallest absolute Gasteiger partial charge is 0.0931 e. The van der Waals surface area contributed by atoms with Crippen LogP contribution in [-0.2, 0) is 4.74 Å². The largest absolute Gasteiger partial charge is 0.388 e. The molecule has 1 unspecified atom stereocenters. The van der Waals surface area contributed by atoms with Crippen molar-refractivity contribution >= 4 is 5.84 Å². The molecule has 0 radical (unpaired) electrons. The van der Waals surface area contributed by atoms with E-state index in [-0.39, 0.29) is 11.9 Å². The molecule has 0 aromatic rings. The van der Waals surface area contributed by atoms with Gasteiger partial charge in [-0.1, -0.05) is 19.8 Å². The third-order valence-corrected chi connectivity index (χ3v) is 1.66. The van der Waals surface area contributed by atoms with Crippen LogP contribution in [0.2, 0.25) is 0 Å². The van der Waals surface area contributed by atoms with Gasteiger partial charge in [0, 0.05) is 13.0 Å². The highest BCUT2D eigenvalue weighted by Crippen LogP contribution is 2.00. The van der Waals surface area contributed by atoms with Gasteiger partial charge in [-0.3, -0.25) is 5.41 Å². The topological polar surface area (TPSA) is 59.1 Å². The van der Waals surface area contributed by atoms with Crippen molar-refractivity contribution in [2.45, 2.75) is 45.6 Å². The van der Waals surface area contributed by atoms with Crippen molar-refractivity contribution < 1.29 is 4.74 Å². The van der Waals surface area contributed by atoms with Crippen molar-refractivity contribution in [2.75, 3.05) is 6.61 Å². The van der Waals surface area contributed by atoms with Crippen LogP contribution in [0.4, 0.5) is 0 Å². The van der Waals surface area contributed by atoms with Crippen molar-refractivity contribution in [2.24, 2.45) is 5.73 Å². The normalized spacial score (nSPS) is 12.8. The van der Waals surface area contributed by atoms with Gasteiger partial charge in [0.05, 0.1) is 11.9 Å². The Kier molecular flexibility index (Phi) is 6.76. The summed E-state index contributed by atoms with van der Waals surface area (Å²) in [6.45, 7) is 4.91. The second-order valence-corrected chi connectivity index (χ2v) is 3.12. The molecular formula is C9H20N2O. The molecule has 12 heavy (non-hydrogen) atoms. The van der Waals surface area contributed by atoms with Gasteiger partial charge in [-0.2, -0.15) is 0 Å². The van der Waals surface area contributed by atoms with E-state index in [1.807, 2.05) is 6.92 Å². The summed E-state index contributed by atoms with van der Waals surface area (Å²) in [6, 6.07) is 0. The van der Waals surface area contributed by atoms with Crippen LogP contribution < -0.4 is 5.73 Å². The lowest BCUT2D eigenvalue weighted by Crippen LogP contribution is -2.19. The minimum atomic E-state index is 0.0966. The molecule has 0 fully saturated rings. The van der Waals surface area contributed by atoms with Gasteiger partial charge in [-0.15, -0.1) is 0 Å². The lowest BCUT2D eigenvalue weighted by Gasteiger charge is -2.11. The molecule has 0 rings (SSSR count). The van der Waals surface area contributed by atoms with E-state index in [4.69, 9.17) is 15.9 Å². The second kappa shape index (κ2) is 7.10. The van der Waals surface area contributed by atoms with E-state index in [1.165, 1.54) is 12.8 Å². The molecule has 0 aromatic heterocycles. The highest BCUT2D eigenvalue weighted by Gasteiger charge is 2.02. The molecule has 0 saturated heterocycles. The van der Waals surface area contributed by atoms with Gasteiger partial charge in [-0.25, -0.2) is 0 Å². The number of amidine groups is 1. The van der Waals surface area contributed by atoms with Gasteiger partial charge in [0.2, 0.25) is 0 Å². The zero-order valence-electron chi connectivity index (χ0n) is 8.10. The van der Waals surface area contributed by atoms with E-state index in [2.05, 4.69) is 6.92 Å². The Hall–Kier alpha value is -0.570. The van der Waals surface area contributed by atoms with Crippen LogP contribution in [0.15, 0.2) is 0 Å². The van der Waals surface area contributed by atoms with Gasteiger partial charge in [-0.05, 0) is 13.3 Å². The van der Waals surface area contributed by atoms with E-state index >= 15 is 0 Å². The summed E-state index contributed by atoms with van der Waals surface area (Å²) in [5.74, 6) is 0.206. The van der Waals surface area contributed by atoms with Gasteiger partial charge < -0.3 is 10.5 Å². The zero-order valence-corrected chi connectivity index (χ0v) is 8.10. The van der Waals surface area contributed by atoms with E-state index in [0.717, 1.165) is 13.0 Å². The molecule has 1 atom stereocenters. The monoisotopic (exact) mass is 172 g/mol. The molecule has 0 heterocycles. The van der Waals surface area contributed by atoms with Crippen LogP contribution in [0.3, 0.4) is 0 Å². The molecule has 3 nitrogen and oxygen atoms in total. The minimum absolute atomic E-state index is 0.0966. The van der Waals surface area contributed by atoms with Crippen LogP contribution >= 0.6 is 0 Å². The number of nitrogens with two attached hydrogens (primary N) is 1. The van der Waals surface area contributed by atoms with Crippen molar-refractivity contribution in [1.29, 1.82) is 5.41 Å². The first-order valence-electron chi connectivity index (χ1n) is 4.61. The van der Waals surface area contributed by atoms with Crippen LogP contribution in [0.5, 0.6) is 0 Å². The van der Waals surface area contributed by atoms with Crippen LogP contribution in [-0.4, -0.2) is 18.5 Å². The first-order valence-corrected chi connectivity index (χ1v) is 4.61. The Bertz CT molecular complexity index is 126. The standard InChI is InChI=1S/C9H20N2O/c1-3-4-5-6-12-8(2)7-9(10)11/h8H,3-7H2,1-2H3,(H3,10,11). The third kappa shape index (κ3) is 7.54.